The van der Waals surface area contributed by atoms with Crippen LogP contribution in [0.5, 0.6) is 0 Å². The van der Waals surface area contributed by atoms with Crippen molar-refractivity contribution in [2.24, 2.45) is 0 Å². The number of imidazole rings is 2. The van der Waals surface area contributed by atoms with Gasteiger partial charge in [0.25, 0.3) is 0 Å². The number of nitrogens with zero attached hydrogens (tertiary/aromatic N) is 4. The van der Waals surface area contributed by atoms with Crippen molar-refractivity contribution in [3.05, 3.63) is 241 Å². The number of hydrogen-bond acceptors (Lipinski definition) is 2. The minimum absolute atomic E-state index is 0.448. The van der Waals surface area contributed by atoms with E-state index in [2.05, 4.69) is 232 Å². The average Bonchev–Trinajstić information content (AvgIpc) is 4.03. The fourth-order valence-corrected chi connectivity index (χ4v) is 10.5. The summed E-state index contributed by atoms with van der Waals surface area (Å²) in [6.07, 6.45) is 0. The highest BCUT2D eigenvalue weighted by molar-refractivity contribution is 5.98. The Morgan fingerprint density at radius 3 is 1.57 bits per heavy atom. The van der Waals surface area contributed by atoms with Crippen LogP contribution in [0.4, 0.5) is 17.1 Å². The number of para-hydroxylation sites is 3. The van der Waals surface area contributed by atoms with Crippen molar-refractivity contribution in [1.82, 2.24) is 14.0 Å². The molecular weight excluding hydrogens is 729 g/mol. The summed E-state index contributed by atoms with van der Waals surface area (Å²) in [5, 5.41) is 0. The van der Waals surface area contributed by atoms with Crippen LogP contribution in [0, 0.1) is 0 Å². The first-order chi connectivity index (χ1) is 29.8. The lowest BCUT2D eigenvalue weighted by Gasteiger charge is -2.32. The Kier molecular flexibility index (Phi) is 6.90. The van der Waals surface area contributed by atoms with Gasteiger partial charge in [-0.15, -0.1) is 0 Å². The quantitative estimate of drug-likeness (QED) is 0.174. The monoisotopic (exact) mass is 764 g/mol. The van der Waals surface area contributed by atoms with Crippen molar-refractivity contribution in [1.29, 1.82) is 0 Å². The molecule has 0 N–H and O–H groups in total. The molecule has 4 heteroatoms. The molecule has 2 heterocycles. The predicted octanol–water partition coefficient (Wildman–Crippen LogP) is 13.9. The second kappa shape index (κ2) is 12.5. The smallest absolute Gasteiger partial charge is 0.220 e. The Balaban J connectivity index is 1.08. The van der Waals surface area contributed by atoms with E-state index in [1.807, 2.05) is 0 Å². The van der Waals surface area contributed by atoms with Gasteiger partial charge in [-0.1, -0.05) is 152 Å². The summed E-state index contributed by atoms with van der Waals surface area (Å²) in [4.78, 5) is 7.64. The number of benzene rings is 9. The van der Waals surface area contributed by atoms with Gasteiger partial charge in [-0.3, -0.25) is 8.97 Å². The molecule has 0 unspecified atom stereocenters. The van der Waals surface area contributed by atoms with Crippen LogP contribution in [-0.2, 0) is 5.41 Å². The second-order valence-electron chi connectivity index (χ2n) is 15.9. The van der Waals surface area contributed by atoms with E-state index in [1.54, 1.807) is 0 Å². The highest BCUT2D eigenvalue weighted by Gasteiger charge is 2.51. The number of fused-ring (bicyclic) bond motifs is 15. The molecule has 0 saturated heterocycles. The third-order valence-corrected chi connectivity index (χ3v) is 12.9. The third kappa shape index (κ3) is 4.47. The van der Waals surface area contributed by atoms with Crippen LogP contribution in [0.3, 0.4) is 0 Å². The SMILES string of the molecule is c1ccc(-c2ccc(N(c3ccc4c(c3)C3(c5ccccc5-c5ccccc53)c3ccccc3-4)c3ccc4c(c3)n3c5ccccc5nc3n4-c3ccccc3)cc2)cc1. The normalized spacial score (nSPS) is 13.1. The van der Waals surface area contributed by atoms with Crippen LogP contribution >= 0.6 is 0 Å². The molecule has 4 nitrogen and oxygen atoms in total. The van der Waals surface area contributed by atoms with Gasteiger partial charge in [-0.2, -0.15) is 0 Å². The van der Waals surface area contributed by atoms with Crippen LogP contribution in [0.15, 0.2) is 218 Å². The van der Waals surface area contributed by atoms with E-state index in [0.717, 1.165) is 50.6 Å². The van der Waals surface area contributed by atoms with E-state index in [0.29, 0.717) is 0 Å². The Hall–Kier alpha value is -7.95. The minimum Gasteiger partial charge on any atom is -0.310 e. The number of anilines is 3. The standard InChI is InChI=1S/C56H36N4/c1-3-15-37(16-4-1)38-27-29-40(30-28-38)58(42-32-34-53-54(36-42)60-52-26-14-13-25-51(52)57-55(60)59(53)39-17-5-2-6-18-39)41-31-33-46-45-21-9-12-24-49(45)56(50(46)35-41)47-22-10-7-19-43(47)44-20-8-11-23-48(44)56/h1-36H. The molecule has 0 atom stereocenters. The highest BCUT2D eigenvalue weighted by atomic mass is 15.2. The molecular formula is C56H36N4. The van der Waals surface area contributed by atoms with Crippen LogP contribution in [0.1, 0.15) is 22.3 Å². The summed E-state index contributed by atoms with van der Waals surface area (Å²) in [6.45, 7) is 0. The molecule has 2 aromatic heterocycles. The summed E-state index contributed by atoms with van der Waals surface area (Å²) in [6, 6.07) is 79.8. The summed E-state index contributed by atoms with van der Waals surface area (Å²) >= 11 is 0. The highest BCUT2D eigenvalue weighted by Crippen LogP contribution is 2.63. The van der Waals surface area contributed by atoms with Crippen molar-refractivity contribution in [3.63, 3.8) is 0 Å². The first-order valence-corrected chi connectivity index (χ1v) is 20.6. The number of aromatic nitrogens is 3. The average molecular weight is 765 g/mol. The molecule has 0 aliphatic heterocycles. The molecule has 1 spiro atoms. The first kappa shape index (κ1) is 33.1. The van der Waals surface area contributed by atoms with Gasteiger partial charge in [0.15, 0.2) is 0 Å². The van der Waals surface area contributed by atoms with E-state index in [-0.39, 0.29) is 0 Å². The summed E-state index contributed by atoms with van der Waals surface area (Å²) < 4.78 is 4.60. The molecule has 2 aliphatic rings. The Bertz CT molecular complexity index is 3420. The topological polar surface area (TPSA) is 25.5 Å². The van der Waals surface area contributed by atoms with Gasteiger partial charge < -0.3 is 4.90 Å². The van der Waals surface area contributed by atoms with E-state index in [1.165, 1.54) is 55.6 Å². The molecule has 0 fully saturated rings. The van der Waals surface area contributed by atoms with Gasteiger partial charge in [0, 0.05) is 22.7 Å². The number of rotatable bonds is 5. The van der Waals surface area contributed by atoms with Gasteiger partial charge in [-0.05, 0) is 122 Å². The molecule has 0 bridgehead atoms. The van der Waals surface area contributed by atoms with Crippen molar-refractivity contribution in [2.45, 2.75) is 5.41 Å². The number of hydrogen-bond donors (Lipinski definition) is 0. The van der Waals surface area contributed by atoms with Gasteiger partial charge in [0.2, 0.25) is 5.78 Å². The molecule has 280 valence electrons. The van der Waals surface area contributed by atoms with Crippen molar-refractivity contribution in [2.75, 3.05) is 4.90 Å². The van der Waals surface area contributed by atoms with Crippen LogP contribution in [0.2, 0.25) is 0 Å². The van der Waals surface area contributed by atoms with E-state index >= 15 is 0 Å². The zero-order chi connectivity index (χ0) is 39.4. The van der Waals surface area contributed by atoms with Crippen molar-refractivity contribution < 1.29 is 0 Å². The summed E-state index contributed by atoms with van der Waals surface area (Å²) in [5.74, 6) is 0.893. The molecule has 60 heavy (non-hydrogen) atoms. The lowest BCUT2D eigenvalue weighted by atomic mass is 9.70. The van der Waals surface area contributed by atoms with Crippen molar-refractivity contribution >= 4 is 44.9 Å². The van der Waals surface area contributed by atoms with E-state index in [4.69, 9.17) is 4.98 Å². The molecule has 11 aromatic rings. The maximum absolute atomic E-state index is 5.21. The largest absolute Gasteiger partial charge is 0.310 e. The van der Waals surface area contributed by atoms with Crippen LogP contribution in [0.25, 0.3) is 66.9 Å². The van der Waals surface area contributed by atoms with Crippen LogP contribution in [-0.4, -0.2) is 14.0 Å². The van der Waals surface area contributed by atoms with Gasteiger partial charge in [0.1, 0.15) is 0 Å². The molecule has 2 aliphatic carbocycles. The maximum Gasteiger partial charge on any atom is 0.220 e. The molecule has 13 rings (SSSR count). The van der Waals surface area contributed by atoms with Crippen LogP contribution < -0.4 is 4.90 Å². The second-order valence-corrected chi connectivity index (χ2v) is 15.9. The lowest BCUT2D eigenvalue weighted by molar-refractivity contribution is 0.793. The Morgan fingerprint density at radius 2 is 0.883 bits per heavy atom. The lowest BCUT2D eigenvalue weighted by Crippen LogP contribution is -2.26. The van der Waals surface area contributed by atoms with Gasteiger partial charge >= 0.3 is 0 Å². The fraction of sp³-hybridized carbons (Fsp3) is 0.0179. The van der Waals surface area contributed by atoms with Gasteiger partial charge in [0.05, 0.1) is 27.5 Å². The molecule has 9 aromatic carbocycles. The third-order valence-electron chi connectivity index (χ3n) is 12.9. The van der Waals surface area contributed by atoms with Crippen molar-refractivity contribution in [3.8, 4) is 39.1 Å². The fourth-order valence-electron chi connectivity index (χ4n) is 10.5. The predicted molar refractivity (Wildman–Crippen MR) is 246 cm³/mol. The molecule has 0 saturated carbocycles. The molecule has 0 radical (unpaired) electrons. The van der Waals surface area contributed by atoms with E-state index in [9.17, 15) is 0 Å². The Morgan fingerprint density at radius 1 is 0.367 bits per heavy atom. The zero-order valence-corrected chi connectivity index (χ0v) is 32.6. The minimum atomic E-state index is -0.448. The summed E-state index contributed by atoms with van der Waals surface area (Å²) in [7, 11) is 0. The van der Waals surface area contributed by atoms with E-state index < -0.39 is 5.41 Å². The Labute approximate surface area is 347 Å². The summed E-state index contributed by atoms with van der Waals surface area (Å²) in [5.41, 5.74) is 21.0. The maximum atomic E-state index is 5.21. The molecule has 0 amide bonds. The van der Waals surface area contributed by atoms with Gasteiger partial charge in [-0.25, -0.2) is 4.98 Å². The zero-order valence-electron chi connectivity index (χ0n) is 32.6. The first-order valence-electron chi connectivity index (χ1n) is 20.6.